The van der Waals surface area contributed by atoms with Crippen LogP contribution in [0.3, 0.4) is 0 Å². The summed E-state index contributed by atoms with van der Waals surface area (Å²) in [6.45, 7) is 5.43. The summed E-state index contributed by atoms with van der Waals surface area (Å²) in [6.07, 6.45) is 1.83. The van der Waals surface area contributed by atoms with Crippen molar-refractivity contribution in [2.75, 3.05) is 44.0 Å². The molecule has 2 atom stereocenters. The fourth-order valence-corrected chi connectivity index (χ4v) is 7.15. The molecule has 0 spiro atoms. The van der Waals surface area contributed by atoms with E-state index in [2.05, 4.69) is 17.9 Å². The fraction of sp³-hybridized carbons (Fsp3) is 0.458. The molecule has 0 aliphatic carbocycles. The minimum Gasteiger partial charge on any atom is -0.493 e. The number of nitriles is 1. The average Bonchev–Trinajstić information content (AvgIpc) is 3.14. The first-order chi connectivity index (χ1) is 15.9. The maximum absolute atomic E-state index is 12.3. The Labute approximate surface area is 207 Å². The molecular formula is C24H29ClN2O5S2. The fourth-order valence-electron chi connectivity index (χ4n) is 4.01. The van der Waals surface area contributed by atoms with Gasteiger partial charge in [0.25, 0.3) is 0 Å². The van der Waals surface area contributed by atoms with E-state index in [9.17, 15) is 16.8 Å². The number of halogens is 1. The lowest BCUT2D eigenvalue weighted by molar-refractivity contribution is 0.225. The Kier molecular flexibility index (Phi) is 8.63. The number of sulfone groups is 2. The molecule has 3 rings (SSSR count). The maximum atomic E-state index is 12.3. The first kappa shape index (κ1) is 26.5. The van der Waals surface area contributed by atoms with E-state index in [4.69, 9.17) is 21.6 Å². The number of hydrogen-bond donors (Lipinski definition) is 0. The monoisotopic (exact) mass is 524 g/mol. The zero-order valence-corrected chi connectivity index (χ0v) is 21.7. The first-order valence-electron chi connectivity index (χ1n) is 11.0. The van der Waals surface area contributed by atoms with Gasteiger partial charge >= 0.3 is 0 Å². The van der Waals surface area contributed by atoms with Crippen LogP contribution in [0.15, 0.2) is 47.4 Å². The highest BCUT2D eigenvalue weighted by atomic mass is 35.5. The molecule has 0 amide bonds. The highest BCUT2D eigenvalue weighted by molar-refractivity contribution is 7.94. The van der Waals surface area contributed by atoms with Crippen LogP contribution in [0.4, 0.5) is 0 Å². The van der Waals surface area contributed by atoms with Crippen LogP contribution in [-0.2, 0) is 26.1 Å². The molecule has 0 saturated carbocycles. The summed E-state index contributed by atoms with van der Waals surface area (Å²) in [5.41, 5.74) is 1.61. The summed E-state index contributed by atoms with van der Waals surface area (Å²) in [4.78, 5) is 2.47. The topological polar surface area (TPSA) is 105 Å². The summed E-state index contributed by atoms with van der Waals surface area (Å²) in [5.74, 6) is 0.530. The normalized spacial score (nSPS) is 19.1. The van der Waals surface area contributed by atoms with Crippen molar-refractivity contribution >= 4 is 31.3 Å². The third kappa shape index (κ3) is 7.70. The van der Waals surface area contributed by atoms with Gasteiger partial charge in [-0.05, 0) is 60.4 Å². The van der Waals surface area contributed by atoms with Gasteiger partial charge in [0.05, 0.1) is 34.6 Å². The highest BCUT2D eigenvalue weighted by Gasteiger charge is 2.30. The second-order valence-corrected chi connectivity index (χ2v) is 13.7. The van der Waals surface area contributed by atoms with E-state index in [-0.39, 0.29) is 4.90 Å². The number of likely N-dealkylation sites (tertiary alicyclic amines) is 1. The number of rotatable bonds is 10. The Hall–Kier alpha value is -2.12. The quantitative estimate of drug-likeness (QED) is 0.470. The van der Waals surface area contributed by atoms with E-state index in [1.807, 2.05) is 12.1 Å². The van der Waals surface area contributed by atoms with Gasteiger partial charge in [0, 0.05) is 36.8 Å². The molecule has 34 heavy (non-hydrogen) atoms. The van der Waals surface area contributed by atoms with E-state index in [0.29, 0.717) is 34.8 Å². The van der Waals surface area contributed by atoms with Crippen molar-refractivity contribution in [2.45, 2.75) is 18.2 Å². The molecule has 1 aliphatic rings. The molecule has 2 aromatic carbocycles. The van der Waals surface area contributed by atoms with E-state index in [1.165, 1.54) is 12.1 Å². The van der Waals surface area contributed by atoms with Crippen molar-refractivity contribution in [3.05, 3.63) is 58.6 Å². The molecule has 0 N–H and O–H groups in total. The van der Waals surface area contributed by atoms with Crippen LogP contribution in [0.25, 0.3) is 0 Å². The van der Waals surface area contributed by atoms with Gasteiger partial charge in [0.15, 0.2) is 9.84 Å². The van der Waals surface area contributed by atoms with Gasteiger partial charge < -0.3 is 9.64 Å². The van der Waals surface area contributed by atoms with Crippen LogP contribution in [0.2, 0.25) is 5.02 Å². The Bertz CT molecular complexity index is 1260. The van der Waals surface area contributed by atoms with E-state index >= 15 is 0 Å². The number of ether oxygens (including phenoxy) is 1. The minimum atomic E-state index is -3.66. The second-order valence-electron chi connectivity index (χ2n) is 8.94. The van der Waals surface area contributed by atoms with Crippen LogP contribution in [0.5, 0.6) is 5.75 Å². The van der Waals surface area contributed by atoms with E-state index in [1.54, 1.807) is 18.2 Å². The van der Waals surface area contributed by atoms with Crippen molar-refractivity contribution in [2.24, 2.45) is 11.8 Å². The smallest absolute Gasteiger partial charge is 0.179 e. The first-order valence-corrected chi connectivity index (χ1v) is 15.1. The van der Waals surface area contributed by atoms with Crippen molar-refractivity contribution < 1.29 is 21.6 Å². The number of benzene rings is 2. The lowest BCUT2D eigenvalue weighted by Crippen LogP contribution is -2.24. The molecule has 1 saturated heterocycles. The Balaban J connectivity index is 1.50. The molecule has 2 aromatic rings. The van der Waals surface area contributed by atoms with Crippen LogP contribution in [0.1, 0.15) is 18.1 Å². The van der Waals surface area contributed by atoms with Crippen molar-refractivity contribution in [3.63, 3.8) is 0 Å². The zero-order valence-electron chi connectivity index (χ0n) is 19.3. The Morgan fingerprint density at radius 3 is 2.44 bits per heavy atom. The summed E-state index contributed by atoms with van der Waals surface area (Å²) in [6, 6.07) is 13.7. The van der Waals surface area contributed by atoms with Gasteiger partial charge in [-0.25, -0.2) is 16.8 Å². The van der Waals surface area contributed by atoms with Gasteiger partial charge in [-0.2, -0.15) is 5.26 Å². The molecule has 0 aromatic heterocycles. The molecule has 0 bridgehead atoms. The SMILES string of the molecule is CC1CN(CCc2cc(Cl)cc(C#N)c2)CC1COc1ccc(S(=O)(=O)CCS(C)(=O)=O)cc1. The van der Waals surface area contributed by atoms with E-state index < -0.39 is 31.2 Å². The average molecular weight is 525 g/mol. The molecule has 184 valence electrons. The predicted octanol–water partition coefficient (Wildman–Crippen LogP) is 3.22. The molecule has 0 radical (unpaired) electrons. The standard InChI is InChI=1S/C24H29ClN2O5S2/c1-18-15-27(8-7-19-11-20(14-26)13-22(25)12-19)16-21(18)17-32-23-3-5-24(6-4-23)34(30,31)10-9-33(2,28)29/h3-6,11-13,18,21H,7-10,15-17H2,1-2H3. The second kappa shape index (κ2) is 11.1. The zero-order chi connectivity index (χ0) is 24.9. The lowest BCUT2D eigenvalue weighted by Gasteiger charge is -2.17. The van der Waals surface area contributed by atoms with Crippen molar-refractivity contribution in [3.8, 4) is 11.8 Å². The molecule has 1 aliphatic heterocycles. The van der Waals surface area contributed by atoms with Crippen LogP contribution >= 0.6 is 11.6 Å². The van der Waals surface area contributed by atoms with Gasteiger partial charge in [0.2, 0.25) is 0 Å². The number of nitrogens with zero attached hydrogens (tertiary/aromatic N) is 2. The summed E-state index contributed by atoms with van der Waals surface area (Å²) < 4.78 is 53.1. The lowest BCUT2D eigenvalue weighted by atomic mass is 9.99. The van der Waals surface area contributed by atoms with Gasteiger partial charge in [0.1, 0.15) is 15.6 Å². The molecular weight excluding hydrogens is 496 g/mol. The van der Waals surface area contributed by atoms with Crippen molar-refractivity contribution in [1.82, 2.24) is 4.90 Å². The number of hydrogen-bond acceptors (Lipinski definition) is 7. The third-order valence-corrected chi connectivity index (χ3v) is 9.17. The van der Waals surface area contributed by atoms with Gasteiger partial charge in [-0.1, -0.05) is 18.5 Å². The Morgan fingerprint density at radius 1 is 1.09 bits per heavy atom. The van der Waals surface area contributed by atoms with E-state index in [0.717, 1.165) is 37.9 Å². The Morgan fingerprint density at radius 2 is 1.79 bits per heavy atom. The summed E-state index contributed by atoms with van der Waals surface area (Å²) in [5, 5.41) is 9.69. The summed E-state index contributed by atoms with van der Waals surface area (Å²) >= 11 is 6.10. The third-order valence-electron chi connectivity index (χ3n) is 6.02. The van der Waals surface area contributed by atoms with Crippen LogP contribution in [0, 0.1) is 23.2 Å². The van der Waals surface area contributed by atoms with Crippen LogP contribution < -0.4 is 4.74 Å². The minimum absolute atomic E-state index is 0.0875. The van der Waals surface area contributed by atoms with Gasteiger partial charge in [-0.3, -0.25) is 0 Å². The largest absolute Gasteiger partial charge is 0.493 e. The molecule has 7 nitrogen and oxygen atoms in total. The van der Waals surface area contributed by atoms with Crippen LogP contribution in [-0.4, -0.2) is 65.7 Å². The maximum Gasteiger partial charge on any atom is 0.179 e. The molecule has 2 unspecified atom stereocenters. The molecule has 10 heteroatoms. The van der Waals surface area contributed by atoms with Crippen molar-refractivity contribution in [1.29, 1.82) is 5.26 Å². The predicted molar refractivity (Wildman–Crippen MR) is 133 cm³/mol. The molecule has 1 fully saturated rings. The molecule has 1 heterocycles. The van der Waals surface area contributed by atoms with Gasteiger partial charge in [-0.15, -0.1) is 0 Å². The summed E-state index contributed by atoms with van der Waals surface area (Å²) in [7, 11) is -7.01. The highest BCUT2D eigenvalue weighted by Crippen LogP contribution is 2.25.